The molecule has 0 spiro atoms. The van der Waals surface area contributed by atoms with Crippen molar-refractivity contribution in [3.05, 3.63) is 51.7 Å². The number of hydrogen-bond donors (Lipinski definition) is 0. The number of ether oxygens (including phenoxy) is 1. The van der Waals surface area contributed by atoms with Crippen LogP contribution in [0.3, 0.4) is 0 Å². The highest BCUT2D eigenvalue weighted by Crippen LogP contribution is 2.34. The molecule has 6 heteroatoms. The van der Waals surface area contributed by atoms with Gasteiger partial charge in [-0.25, -0.2) is 0 Å². The molecule has 2 aliphatic rings. The summed E-state index contributed by atoms with van der Waals surface area (Å²) in [5.41, 5.74) is 2.27. The van der Waals surface area contributed by atoms with E-state index < -0.39 is 0 Å². The average molecular weight is 469 g/mol. The zero-order valence-corrected chi connectivity index (χ0v) is 20.9. The molecule has 0 saturated heterocycles. The van der Waals surface area contributed by atoms with Crippen molar-refractivity contribution in [1.29, 1.82) is 0 Å². The van der Waals surface area contributed by atoms with Crippen molar-refractivity contribution in [1.82, 2.24) is 9.80 Å². The third-order valence-electron chi connectivity index (χ3n) is 6.83. The van der Waals surface area contributed by atoms with Crippen molar-refractivity contribution in [2.75, 3.05) is 26.2 Å². The third-order valence-corrected chi connectivity index (χ3v) is 7.83. The van der Waals surface area contributed by atoms with Gasteiger partial charge in [-0.1, -0.05) is 44.9 Å². The molecule has 1 aromatic carbocycles. The van der Waals surface area contributed by atoms with Crippen molar-refractivity contribution < 1.29 is 14.3 Å². The second-order valence-corrected chi connectivity index (χ2v) is 10.8. The first kappa shape index (κ1) is 23.8. The number of carbonyl (C=O) groups is 2. The van der Waals surface area contributed by atoms with E-state index in [1.54, 1.807) is 11.3 Å². The van der Waals surface area contributed by atoms with E-state index in [0.717, 1.165) is 43.4 Å². The summed E-state index contributed by atoms with van der Waals surface area (Å²) in [6, 6.07) is 9.98. The second-order valence-electron chi connectivity index (χ2n) is 9.82. The van der Waals surface area contributed by atoms with E-state index in [9.17, 15) is 9.59 Å². The Morgan fingerprint density at radius 1 is 1.18 bits per heavy atom. The van der Waals surface area contributed by atoms with Gasteiger partial charge in [0, 0.05) is 23.9 Å². The average Bonchev–Trinajstić information content (AvgIpc) is 3.49. The summed E-state index contributed by atoms with van der Waals surface area (Å²) in [7, 11) is 0. The predicted octanol–water partition coefficient (Wildman–Crippen LogP) is 5.24. The molecule has 0 N–H and O–H groups in total. The van der Waals surface area contributed by atoms with Gasteiger partial charge in [-0.05, 0) is 60.7 Å². The third kappa shape index (κ3) is 5.60. The Labute approximate surface area is 201 Å². The lowest BCUT2D eigenvalue weighted by Gasteiger charge is -2.37. The summed E-state index contributed by atoms with van der Waals surface area (Å²) in [4.78, 5) is 31.9. The van der Waals surface area contributed by atoms with Crippen molar-refractivity contribution in [2.45, 2.75) is 58.9 Å². The molecule has 2 heterocycles. The summed E-state index contributed by atoms with van der Waals surface area (Å²) >= 11 is 1.75. The molecule has 1 fully saturated rings. The maximum Gasteiger partial charge on any atom is 0.242 e. The number of rotatable bonds is 8. The Balaban J connectivity index is 1.51. The Hall–Kier alpha value is -2.34. The number of para-hydroxylation sites is 1. The molecule has 0 radical (unpaired) electrons. The van der Waals surface area contributed by atoms with E-state index in [1.807, 2.05) is 41.0 Å². The molecule has 2 aromatic rings. The van der Waals surface area contributed by atoms with Crippen LogP contribution in [0.5, 0.6) is 5.75 Å². The van der Waals surface area contributed by atoms with E-state index >= 15 is 0 Å². The van der Waals surface area contributed by atoms with Crippen LogP contribution in [-0.4, -0.2) is 47.9 Å². The van der Waals surface area contributed by atoms with Crippen LogP contribution in [-0.2, 0) is 16.0 Å². The first-order valence-electron chi connectivity index (χ1n) is 12.3. The molecule has 0 bridgehead atoms. The lowest BCUT2D eigenvalue weighted by Crippen LogP contribution is -2.49. The van der Waals surface area contributed by atoms with Gasteiger partial charge >= 0.3 is 0 Å². The fraction of sp³-hybridized carbons (Fsp3) is 0.556. The first-order valence-corrected chi connectivity index (χ1v) is 13.1. The lowest BCUT2D eigenvalue weighted by molar-refractivity contribution is -0.145. The monoisotopic (exact) mass is 468 g/mol. The number of hydrogen-bond acceptors (Lipinski definition) is 4. The van der Waals surface area contributed by atoms with Crippen LogP contribution in [0, 0.1) is 18.8 Å². The number of amides is 2. The van der Waals surface area contributed by atoms with Crippen LogP contribution >= 0.6 is 11.3 Å². The van der Waals surface area contributed by atoms with E-state index in [0.29, 0.717) is 25.6 Å². The van der Waals surface area contributed by atoms with Gasteiger partial charge < -0.3 is 14.5 Å². The maximum absolute atomic E-state index is 13.6. The Bertz CT molecular complexity index is 964. The van der Waals surface area contributed by atoms with Gasteiger partial charge in [-0.3, -0.25) is 9.59 Å². The van der Waals surface area contributed by atoms with Gasteiger partial charge in [0.1, 0.15) is 12.4 Å². The molecule has 5 nitrogen and oxygen atoms in total. The largest absolute Gasteiger partial charge is 0.491 e. The Morgan fingerprint density at radius 3 is 2.67 bits per heavy atom. The van der Waals surface area contributed by atoms with Gasteiger partial charge in [0.15, 0.2) is 0 Å². The summed E-state index contributed by atoms with van der Waals surface area (Å²) < 4.78 is 6.21. The predicted molar refractivity (Wildman–Crippen MR) is 133 cm³/mol. The van der Waals surface area contributed by atoms with Crippen molar-refractivity contribution >= 4 is 23.2 Å². The molecule has 1 aliphatic carbocycles. The molecule has 1 aliphatic heterocycles. The molecular weight excluding hydrogens is 432 g/mol. The van der Waals surface area contributed by atoms with Crippen LogP contribution < -0.4 is 4.74 Å². The summed E-state index contributed by atoms with van der Waals surface area (Å²) in [5, 5.41) is 2.11. The molecule has 33 heavy (non-hydrogen) atoms. The van der Waals surface area contributed by atoms with Gasteiger partial charge in [-0.15, -0.1) is 11.3 Å². The first-order chi connectivity index (χ1) is 15.9. The fourth-order valence-electron chi connectivity index (χ4n) is 5.12. The lowest BCUT2D eigenvalue weighted by atomic mass is 10.00. The number of benzene rings is 1. The number of thiophene rings is 1. The highest BCUT2D eigenvalue weighted by molar-refractivity contribution is 7.10. The highest BCUT2D eigenvalue weighted by atomic mass is 32.1. The smallest absolute Gasteiger partial charge is 0.242 e. The minimum Gasteiger partial charge on any atom is -0.491 e. The van der Waals surface area contributed by atoms with Gasteiger partial charge in [0.2, 0.25) is 11.8 Å². The molecular formula is C27H36N2O3S. The van der Waals surface area contributed by atoms with Crippen molar-refractivity contribution in [3.8, 4) is 5.75 Å². The molecule has 1 atom stereocenters. The highest BCUT2D eigenvalue weighted by Gasteiger charge is 2.35. The fourth-order valence-corrected chi connectivity index (χ4v) is 6.05. The number of carbonyl (C=O) groups excluding carboxylic acids is 2. The zero-order valence-electron chi connectivity index (χ0n) is 20.1. The molecule has 178 valence electrons. The minimum atomic E-state index is -0.130. The minimum absolute atomic E-state index is 0.0252. The Kier molecular flexibility index (Phi) is 7.74. The summed E-state index contributed by atoms with van der Waals surface area (Å²) in [5.74, 6) is 1.45. The van der Waals surface area contributed by atoms with Crippen LogP contribution in [0.4, 0.5) is 0 Å². The van der Waals surface area contributed by atoms with Crippen molar-refractivity contribution in [2.24, 2.45) is 11.8 Å². The normalized spacial score (nSPS) is 18.4. The SMILES string of the molecule is Cc1ccccc1OC[C@@H]1c2ccsc2CCN1C(=O)CN(CC(C)C)C(=O)C1CCCC1. The van der Waals surface area contributed by atoms with Crippen LogP contribution in [0.15, 0.2) is 35.7 Å². The van der Waals surface area contributed by atoms with E-state index in [4.69, 9.17) is 4.74 Å². The van der Waals surface area contributed by atoms with Gasteiger partial charge in [-0.2, -0.15) is 0 Å². The molecule has 4 rings (SSSR count). The maximum atomic E-state index is 13.6. The topological polar surface area (TPSA) is 49.9 Å². The van der Waals surface area contributed by atoms with Crippen LogP contribution in [0.2, 0.25) is 0 Å². The quantitative estimate of drug-likeness (QED) is 0.533. The van der Waals surface area contributed by atoms with E-state index in [-0.39, 0.29) is 30.3 Å². The molecule has 0 unspecified atom stereocenters. The van der Waals surface area contributed by atoms with E-state index in [2.05, 4.69) is 25.3 Å². The van der Waals surface area contributed by atoms with Crippen LogP contribution in [0.1, 0.15) is 61.6 Å². The Morgan fingerprint density at radius 2 is 1.94 bits per heavy atom. The summed E-state index contributed by atoms with van der Waals surface area (Å²) in [6.45, 7) is 8.13. The zero-order chi connectivity index (χ0) is 23.4. The standard InChI is InChI=1S/C27H36N2O3S/c1-19(2)16-28(27(31)21-9-5-6-10-21)17-26(30)29-14-12-25-22(13-15-33-25)23(29)18-32-24-11-7-4-8-20(24)3/h4,7-8,11,13,15,19,21,23H,5-6,9-10,12,14,16-18H2,1-3H3/t23-/m1/s1. The van der Waals surface area contributed by atoms with Gasteiger partial charge in [0.05, 0.1) is 12.6 Å². The number of nitrogens with zero attached hydrogens (tertiary/aromatic N) is 2. The number of aryl methyl sites for hydroxylation is 1. The van der Waals surface area contributed by atoms with E-state index in [1.165, 1.54) is 10.4 Å². The molecule has 1 saturated carbocycles. The number of fused-ring (bicyclic) bond motifs is 1. The summed E-state index contributed by atoms with van der Waals surface area (Å²) in [6.07, 6.45) is 5.00. The second kappa shape index (κ2) is 10.7. The van der Waals surface area contributed by atoms with Crippen LogP contribution in [0.25, 0.3) is 0 Å². The molecule has 2 amide bonds. The molecule has 1 aromatic heterocycles. The van der Waals surface area contributed by atoms with Gasteiger partial charge in [0.25, 0.3) is 0 Å². The van der Waals surface area contributed by atoms with Crippen molar-refractivity contribution in [3.63, 3.8) is 0 Å².